The second-order valence-corrected chi connectivity index (χ2v) is 7.17. The molecule has 3 N–H and O–H groups in total. The third-order valence-corrected chi connectivity index (χ3v) is 3.83. The van der Waals surface area contributed by atoms with Gasteiger partial charge in [-0.05, 0) is 45.7 Å². The van der Waals surface area contributed by atoms with Crippen LogP contribution in [0, 0.1) is 0 Å². The number of hydrogen-bond donors (Lipinski definition) is 3. The molecule has 0 unspecified atom stereocenters. The van der Waals surface area contributed by atoms with Gasteiger partial charge >= 0.3 is 6.09 Å². The lowest BCUT2D eigenvalue weighted by molar-refractivity contribution is 0.0635. The van der Waals surface area contributed by atoms with Crippen LogP contribution in [-0.2, 0) is 4.74 Å². The molecule has 0 spiro atoms. The van der Waals surface area contributed by atoms with E-state index in [1.54, 1.807) is 26.8 Å². The molecule has 0 aliphatic heterocycles. The number of hydrogen-bond acceptors (Lipinski definition) is 4. The predicted molar refractivity (Wildman–Crippen MR) is 92.3 cm³/mol. The minimum Gasteiger partial charge on any atom is -0.507 e. The molecule has 1 aromatic rings. The van der Waals surface area contributed by atoms with E-state index in [1.165, 1.54) is 18.6 Å². The van der Waals surface area contributed by atoms with Gasteiger partial charge in [-0.3, -0.25) is 10.1 Å². The van der Waals surface area contributed by atoms with Crippen LogP contribution < -0.4 is 10.6 Å². The first-order valence-electron chi connectivity index (χ1n) is 8.38. The number of nitrogens with one attached hydrogen (secondary N) is 2. The Hall–Kier alpha value is -2.24. The zero-order chi connectivity index (χ0) is 17.7. The molecule has 132 valence electrons. The minimum atomic E-state index is -0.610. The predicted octanol–water partition coefficient (Wildman–Crippen LogP) is 3.80. The van der Waals surface area contributed by atoms with Gasteiger partial charge in [0.1, 0.15) is 11.4 Å². The summed E-state index contributed by atoms with van der Waals surface area (Å²) in [6.07, 6.45) is 4.80. The zero-order valence-electron chi connectivity index (χ0n) is 14.5. The molecule has 6 heteroatoms. The number of rotatable bonds is 3. The number of ether oxygens (including phenoxy) is 1. The molecule has 1 saturated carbocycles. The maximum atomic E-state index is 12.3. The number of anilines is 1. The Bertz CT molecular complexity index is 602. The Balaban J connectivity index is 1.98. The monoisotopic (exact) mass is 334 g/mol. The van der Waals surface area contributed by atoms with Gasteiger partial charge in [0, 0.05) is 17.8 Å². The Kier molecular flexibility index (Phi) is 5.70. The third kappa shape index (κ3) is 5.44. The van der Waals surface area contributed by atoms with Gasteiger partial charge in [-0.2, -0.15) is 0 Å². The van der Waals surface area contributed by atoms with Crippen molar-refractivity contribution in [2.45, 2.75) is 64.5 Å². The fourth-order valence-corrected chi connectivity index (χ4v) is 2.73. The molecule has 1 fully saturated rings. The lowest BCUT2D eigenvalue weighted by atomic mass is 9.95. The van der Waals surface area contributed by atoms with Gasteiger partial charge in [0.15, 0.2) is 0 Å². The Morgan fingerprint density at radius 3 is 2.42 bits per heavy atom. The Labute approximate surface area is 142 Å². The molecule has 0 radical (unpaired) electrons. The highest BCUT2D eigenvalue weighted by Crippen LogP contribution is 2.24. The van der Waals surface area contributed by atoms with E-state index in [2.05, 4.69) is 10.6 Å². The van der Waals surface area contributed by atoms with Crippen molar-refractivity contribution in [3.05, 3.63) is 23.8 Å². The van der Waals surface area contributed by atoms with Crippen molar-refractivity contribution in [3.63, 3.8) is 0 Å². The minimum absolute atomic E-state index is 0.170. The highest BCUT2D eigenvalue weighted by molar-refractivity contribution is 5.98. The van der Waals surface area contributed by atoms with Gasteiger partial charge in [-0.15, -0.1) is 0 Å². The van der Waals surface area contributed by atoms with Crippen LogP contribution in [0.1, 0.15) is 63.2 Å². The SMILES string of the molecule is CC(C)(C)OC(=O)Nc1ccc(C(=O)NC2CCCCC2)c(O)c1. The van der Waals surface area contributed by atoms with Gasteiger partial charge in [0.2, 0.25) is 0 Å². The molecule has 1 aliphatic carbocycles. The molecule has 24 heavy (non-hydrogen) atoms. The molecular formula is C18H26N2O4. The average molecular weight is 334 g/mol. The van der Waals surface area contributed by atoms with E-state index in [9.17, 15) is 14.7 Å². The van der Waals surface area contributed by atoms with Gasteiger partial charge in [-0.25, -0.2) is 4.79 Å². The number of amides is 2. The maximum Gasteiger partial charge on any atom is 0.412 e. The Morgan fingerprint density at radius 2 is 1.83 bits per heavy atom. The largest absolute Gasteiger partial charge is 0.507 e. The molecular weight excluding hydrogens is 308 g/mol. The zero-order valence-corrected chi connectivity index (χ0v) is 14.5. The summed E-state index contributed by atoms with van der Waals surface area (Å²) in [5.74, 6) is -0.458. The van der Waals surface area contributed by atoms with Crippen molar-refractivity contribution in [3.8, 4) is 5.75 Å². The van der Waals surface area contributed by atoms with Crippen molar-refractivity contribution in [2.24, 2.45) is 0 Å². The molecule has 1 aliphatic rings. The summed E-state index contributed by atoms with van der Waals surface area (Å²) < 4.78 is 5.15. The first kappa shape index (κ1) is 18.1. The molecule has 0 bridgehead atoms. The van der Waals surface area contributed by atoms with E-state index in [0.29, 0.717) is 5.69 Å². The molecule has 0 atom stereocenters. The number of benzene rings is 1. The van der Waals surface area contributed by atoms with Gasteiger partial charge in [0.05, 0.1) is 5.56 Å². The third-order valence-electron chi connectivity index (χ3n) is 3.83. The Morgan fingerprint density at radius 1 is 1.17 bits per heavy atom. The molecule has 0 saturated heterocycles. The summed E-state index contributed by atoms with van der Waals surface area (Å²) >= 11 is 0. The first-order chi connectivity index (χ1) is 11.2. The number of phenols is 1. The summed E-state index contributed by atoms with van der Waals surface area (Å²) in [6, 6.07) is 4.59. The smallest absolute Gasteiger partial charge is 0.412 e. The average Bonchev–Trinajstić information content (AvgIpc) is 2.46. The lowest BCUT2D eigenvalue weighted by Gasteiger charge is -2.23. The van der Waals surface area contributed by atoms with Crippen LogP contribution in [0.4, 0.5) is 10.5 Å². The number of carbonyl (C=O) groups is 2. The summed E-state index contributed by atoms with van der Waals surface area (Å²) in [5.41, 5.74) is -0.0299. The fourth-order valence-electron chi connectivity index (χ4n) is 2.73. The lowest BCUT2D eigenvalue weighted by Crippen LogP contribution is -2.36. The second kappa shape index (κ2) is 7.55. The highest BCUT2D eigenvalue weighted by Gasteiger charge is 2.20. The van der Waals surface area contributed by atoms with Gasteiger partial charge in [0.25, 0.3) is 5.91 Å². The van der Waals surface area contributed by atoms with E-state index in [-0.39, 0.29) is 23.3 Å². The fraction of sp³-hybridized carbons (Fsp3) is 0.556. The number of aromatic hydroxyl groups is 1. The molecule has 1 aromatic carbocycles. The van der Waals surface area contributed by atoms with Crippen LogP contribution in [-0.4, -0.2) is 28.7 Å². The second-order valence-electron chi connectivity index (χ2n) is 7.17. The molecule has 2 rings (SSSR count). The van der Waals surface area contributed by atoms with Crippen LogP contribution >= 0.6 is 0 Å². The van der Waals surface area contributed by atoms with Crippen LogP contribution in [0.2, 0.25) is 0 Å². The molecule has 0 aromatic heterocycles. The first-order valence-corrected chi connectivity index (χ1v) is 8.38. The van der Waals surface area contributed by atoms with Crippen molar-refractivity contribution < 1.29 is 19.4 Å². The summed E-state index contributed by atoms with van der Waals surface area (Å²) in [4.78, 5) is 24.0. The van der Waals surface area contributed by atoms with E-state index in [1.807, 2.05) is 0 Å². The molecule has 2 amide bonds. The van der Waals surface area contributed by atoms with Crippen LogP contribution in [0.25, 0.3) is 0 Å². The topological polar surface area (TPSA) is 87.7 Å². The molecule has 6 nitrogen and oxygen atoms in total. The number of phenolic OH excluding ortho intramolecular Hbond substituents is 1. The van der Waals surface area contributed by atoms with Gasteiger partial charge < -0.3 is 15.2 Å². The molecule has 0 heterocycles. The number of carbonyl (C=O) groups excluding carboxylic acids is 2. The van der Waals surface area contributed by atoms with Crippen molar-refractivity contribution >= 4 is 17.7 Å². The van der Waals surface area contributed by atoms with Crippen LogP contribution in [0.5, 0.6) is 5.75 Å². The van der Waals surface area contributed by atoms with E-state index >= 15 is 0 Å². The normalized spacial score (nSPS) is 15.6. The summed E-state index contributed by atoms with van der Waals surface area (Å²) in [5, 5.41) is 15.6. The highest BCUT2D eigenvalue weighted by atomic mass is 16.6. The standard InChI is InChI=1S/C18H26N2O4/c1-18(2,3)24-17(23)20-13-9-10-14(15(21)11-13)16(22)19-12-7-5-4-6-8-12/h9-12,21H,4-8H2,1-3H3,(H,19,22)(H,20,23). The van der Waals surface area contributed by atoms with Crippen LogP contribution in [0.3, 0.4) is 0 Å². The summed E-state index contributed by atoms with van der Waals surface area (Å²) in [7, 11) is 0. The van der Waals surface area contributed by atoms with E-state index in [4.69, 9.17) is 4.74 Å². The van der Waals surface area contributed by atoms with Crippen molar-refractivity contribution in [1.29, 1.82) is 0 Å². The van der Waals surface area contributed by atoms with Gasteiger partial charge in [-0.1, -0.05) is 19.3 Å². The van der Waals surface area contributed by atoms with E-state index in [0.717, 1.165) is 25.7 Å². The quantitative estimate of drug-likeness (QED) is 0.784. The maximum absolute atomic E-state index is 12.3. The van der Waals surface area contributed by atoms with Crippen molar-refractivity contribution in [2.75, 3.05) is 5.32 Å². The van der Waals surface area contributed by atoms with Crippen molar-refractivity contribution in [1.82, 2.24) is 5.32 Å². The van der Waals surface area contributed by atoms with E-state index < -0.39 is 11.7 Å². The van der Waals surface area contributed by atoms with Crippen LogP contribution in [0.15, 0.2) is 18.2 Å². The summed E-state index contributed by atoms with van der Waals surface area (Å²) in [6.45, 7) is 5.30.